The number of ether oxygens (including phenoxy) is 2. The lowest BCUT2D eigenvalue weighted by molar-refractivity contribution is -0.144. The molecule has 1 aromatic rings. The fourth-order valence-corrected chi connectivity index (χ4v) is 1.93. The van der Waals surface area contributed by atoms with Crippen LogP contribution in [0.1, 0.15) is 36.5 Å². The molecule has 0 saturated heterocycles. The predicted molar refractivity (Wildman–Crippen MR) is 89.8 cm³/mol. The van der Waals surface area contributed by atoms with Crippen LogP contribution in [-0.4, -0.2) is 44.7 Å². The standard InChI is InChI=1S/C17H24N2O5/c1-3-24-16(21)9-8-15(20)19-14-7-4-6-13(12-14)17(22)18-10-5-11-23-2/h4,6-7,12H,3,5,8-11H2,1-2H3,(H,18,22)(H,19,20). The highest BCUT2D eigenvalue weighted by molar-refractivity contribution is 5.97. The molecule has 0 atom stereocenters. The lowest BCUT2D eigenvalue weighted by Gasteiger charge is -2.08. The van der Waals surface area contributed by atoms with Gasteiger partial charge in [0.15, 0.2) is 0 Å². The second-order valence-electron chi connectivity index (χ2n) is 5.04. The van der Waals surface area contributed by atoms with E-state index in [9.17, 15) is 14.4 Å². The van der Waals surface area contributed by atoms with E-state index in [0.29, 0.717) is 31.0 Å². The summed E-state index contributed by atoms with van der Waals surface area (Å²) in [5, 5.41) is 5.44. The van der Waals surface area contributed by atoms with Crippen molar-refractivity contribution in [2.75, 3.05) is 32.2 Å². The Morgan fingerprint density at radius 1 is 1.17 bits per heavy atom. The molecule has 0 fully saturated rings. The van der Waals surface area contributed by atoms with Gasteiger partial charge in [-0.1, -0.05) is 6.07 Å². The van der Waals surface area contributed by atoms with Gasteiger partial charge in [-0.05, 0) is 31.5 Å². The number of anilines is 1. The average Bonchev–Trinajstić information content (AvgIpc) is 2.57. The van der Waals surface area contributed by atoms with Gasteiger partial charge in [-0.15, -0.1) is 0 Å². The van der Waals surface area contributed by atoms with E-state index in [4.69, 9.17) is 9.47 Å². The van der Waals surface area contributed by atoms with Gasteiger partial charge in [-0.3, -0.25) is 14.4 Å². The number of carbonyl (C=O) groups excluding carboxylic acids is 3. The van der Waals surface area contributed by atoms with Crippen LogP contribution in [0.15, 0.2) is 24.3 Å². The summed E-state index contributed by atoms with van der Waals surface area (Å²) in [5.74, 6) is -0.925. The number of benzene rings is 1. The van der Waals surface area contributed by atoms with Crippen LogP contribution < -0.4 is 10.6 Å². The second kappa shape index (κ2) is 11.2. The van der Waals surface area contributed by atoms with E-state index in [1.807, 2.05) is 0 Å². The van der Waals surface area contributed by atoms with E-state index in [1.165, 1.54) is 0 Å². The van der Waals surface area contributed by atoms with Crippen LogP contribution in [0.4, 0.5) is 5.69 Å². The van der Waals surface area contributed by atoms with Gasteiger partial charge in [0, 0.05) is 37.9 Å². The number of methoxy groups -OCH3 is 1. The largest absolute Gasteiger partial charge is 0.466 e. The number of amides is 2. The molecule has 0 heterocycles. The third-order valence-corrected chi connectivity index (χ3v) is 3.08. The quantitative estimate of drug-likeness (QED) is 0.501. The zero-order valence-electron chi connectivity index (χ0n) is 14.1. The van der Waals surface area contributed by atoms with Gasteiger partial charge < -0.3 is 20.1 Å². The van der Waals surface area contributed by atoms with Crippen LogP contribution in [0.25, 0.3) is 0 Å². The number of carbonyl (C=O) groups is 3. The van der Waals surface area contributed by atoms with Crippen molar-refractivity contribution in [2.24, 2.45) is 0 Å². The molecule has 24 heavy (non-hydrogen) atoms. The predicted octanol–water partition coefficient (Wildman–Crippen LogP) is 1.73. The van der Waals surface area contributed by atoms with E-state index in [1.54, 1.807) is 38.3 Å². The Bertz CT molecular complexity index is 560. The second-order valence-corrected chi connectivity index (χ2v) is 5.04. The minimum atomic E-state index is -0.406. The van der Waals surface area contributed by atoms with E-state index in [0.717, 1.165) is 6.42 Å². The van der Waals surface area contributed by atoms with E-state index in [-0.39, 0.29) is 24.7 Å². The lowest BCUT2D eigenvalue weighted by atomic mass is 10.2. The number of nitrogens with one attached hydrogen (secondary N) is 2. The molecule has 0 bridgehead atoms. The first-order chi connectivity index (χ1) is 11.6. The highest BCUT2D eigenvalue weighted by atomic mass is 16.5. The lowest BCUT2D eigenvalue weighted by Crippen LogP contribution is -2.25. The maximum atomic E-state index is 12.0. The average molecular weight is 336 g/mol. The summed E-state index contributed by atoms with van der Waals surface area (Å²) in [6.45, 7) is 3.10. The third-order valence-electron chi connectivity index (χ3n) is 3.08. The fourth-order valence-electron chi connectivity index (χ4n) is 1.93. The fraction of sp³-hybridized carbons (Fsp3) is 0.471. The minimum absolute atomic E-state index is 0.0271. The van der Waals surface area contributed by atoms with Gasteiger partial charge in [0.25, 0.3) is 5.91 Å². The maximum absolute atomic E-state index is 12.0. The number of esters is 1. The van der Waals surface area contributed by atoms with Crippen LogP contribution in [0.5, 0.6) is 0 Å². The Hall–Kier alpha value is -2.41. The van der Waals surface area contributed by atoms with Gasteiger partial charge >= 0.3 is 5.97 Å². The molecule has 0 radical (unpaired) electrons. The number of hydrogen-bond donors (Lipinski definition) is 2. The zero-order chi connectivity index (χ0) is 17.8. The summed E-state index contributed by atoms with van der Waals surface area (Å²) < 4.78 is 9.68. The van der Waals surface area contributed by atoms with E-state index >= 15 is 0 Å². The van der Waals surface area contributed by atoms with Crippen molar-refractivity contribution in [1.29, 1.82) is 0 Å². The van der Waals surface area contributed by atoms with Gasteiger partial charge in [-0.25, -0.2) is 0 Å². The summed E-state index contributed by atoms with van der Waals surface area (Å²) in [7, 11) is 1.61. The van der Waals surface area contributed by atoms with Gasteiger partial charge in [0.05, 0.1) is 13.0 Å². The molecule has 0 aliphatic heterocycles. The molecule has 0 aliphatic rings. The van der Waals surface area contributed by atoms with Crippen molar-refractivity contribution in [3.8, 4) is 0 Å². The molecular formula is C17H24N2O5. The van der Waals surface area contributed by atoms with Crippen LogP contribution in [0.3, 0.4) is 0 Å². The number of hydrogen-bond acceptors (Lipinski definition) is 5. The van der Waals surface area contributed by atoms with Crippen molar-refractivity contribution < 1.29 is 23.9 Å². The van der Waals surface area contributed by atoms with Gasteiger partial charge in [0.1, 0.15) is 0 Å². The molecule has 7 heteroatoms. The highest BCUT2D eigenvalue weighted by Crippen LogP contribution is 2.11. The molecular weight excluding hydrogens is 312 g/mol. The Morgan fingerprint density at radius 2 is 1.96 bits per heavy atom. The highest BCUT2D eigenvalue weighted by Gasteiger charge is 2.10. The van der Waals surface area contributed by atoms with Crippen LogP contribution >= 0.6 is 0 Å². The molecule has 1 rings (SSSR count). The molecule has 0 spiro atoms. The van der Waals surface area contributed by atoms with Crippen molar-refractivity contribution in [3.63, 3.8) is 0 Å². The molecule has 1 aromatic carbocycles. The minimum Gasteiger partial charge on any atom is -0.466 e. The van der Waals surface area contributed by atoms with Crippen LogP contribution in [-0.2, 0) is 19.1 Å². The third kappa shape index (κ3) is 7.73. The SMILES string of the molecule is CCOC(=O)CCC(=O)Nc1cccc(C(=O)NCCCOC)c1. The molecule has 0 unspecified atom stereocenters. The normalized spacial score (nSPS) is 10.1. The smallest absolute Gasteiger partial charge is 0.306 e. The topological polar surface area (TPSA) is 93.7 Å². The molecule has 2 N–H and O–H groups in total. The molecule has 7 nitrogen and oxygen atoms in total. The van der Waals surface area contributed by atoms with Crippen molar-refractivity contribution in [1.82, 2.24) is 5.32 Å². The summed E-state index contributed by atoms with van der Waals surface area (Å²) in [4.78, 5) is 35.0. The first-order valence-corrected chi connectivity index (χ1v) is 7.89. The van der Waals surface area contributed by atoms with Crippen LogP contribution in [0.2, 0.25) is 0 Å². The first-order valence-electron chi connectivity index (χ1n) is 7.89. The maximum Gasteiger partial charge on any atom is 0.306 e. The molecule has 2 amide bonds. The molecule has 132 valence electrons. The van der Waals surface area contributed by atoms with E-state index in [2.05, 4.69) is 10.6 Å². The Morgan fingerprint density at radius 3 is 2.67 bits per heavy atom. The summed E-state index contributed by atoms with van der Waals surface area (Å²) >= 11 is 0. The van der Waals surface area contributed by atoms with Crippen molar-refractivity contribution >= 4 is 23.5 Å². The molecule has 0 saturated carbocycles. The molecule has 0 aliphatic carbocycles. The zero-order valence-corrected chi connectivity index (χ0v) is 14.1. The summed E-state index contributed by atoms with van der Waals surface area (Å²) in [6, 6.07) is 6.63. The summed E-state index contributed by atoms with van der Waals surface area (Å²) in [6.07, 6.45) is 0.790. The van der Waals surface area contributed by atoms with Gasteiger partial charge in [0.2, 0.25) is 5.91 Å². The summed E-state index contributed by atoms with van der Waals surface area (Å²) in [5.41, 5.74) is 0.962. The van der Waals surface area contributed by atoms with Gasteiger partial charge in [-0.2, -0.15) is 0 Å². The Balaban J connectivity index is 2.48. The van der Waals surface area contributed by atoms with Crippen molar-refractivity contribution in [2.45, 2.75) is 26.2 Å². The Labute approximate surface area is 141 Å². The van der Waals surface area contributed by atoms with Crippen molar-refractivity contribution in [3.05, 3.63) is 29.8 Å². The first kappa shape index (κ1) is 19.6. The molecule has 0 aromatic heterocycles. The van der Waals surface area contributed by atoms with E-state index < -0.39 is 5.97 Å². The Kier molecular flexibility index (Phi) is 9.14. The van der Waals surface area contributed by atoms with Crippen LogP contribution in [0, 0.1) is 0 Å². The monoisotopic (exact) mass is 336 g/mol. The number of rotatable bonds is 10.